The van der Waals surface area contributed by atoms with E-state index < -0.39 is 29.4 Å². The Labute approximate surface area is 173 Å². The van der Waals surface area contributed by atoms with Crippen molar-refractivity contribution in [2.24, 2.45) is 5.92 Å². The van der Waals surface area contributed by atoms with Crippen LogP contribution in [-0.2, 0) is 14.3 Å². The van der Waals surface area contributed by atoms with Crippen LogP contribution in [-0.4, -0.2) is 61.8 Å². The van der Waals surface area contributed by atoms with Crippen LogP contribution in [0.2, 0.25) is 5.02 Å². The molecule has 29 heavy (non-hydrogen) atoms. The highest BCUT2D eigenvalue weighted by Crippen LogP contribution is 2.38. The van der Waals surface area contributed by atoms with Gasteiger partial charge in [-0.1, -0.05) is 11.6 Å². The van der Waals surface area contributed by atoms with Gasteiger partial charge < -0.3 is 19.0 Å². The van der Waals surface area contributed by atoms with Crippen LogP contribution in [0.3, 0.4) is 0 Å². The average Bonchev–Trinajstić information content (AvgIpc) is 3.35. The minimum Gasteiger partial charge on any atom is -0.467 e. The van der Waals surface area contributed by atoms with Gasteiger partial charge in [-0.2, -0.15) is 0 Å². The van der Waals surface area contributed by atoms with Gasteiger partial charge in [-0.25, -0.2) is 0 Å². The lowest BCUT2D eigenvalue weighted by molar-refractivity contribution is -0.907. The first kappa shape index (κ1) is 19.8. The van der Waals surface area contributed by atoms with Gasteiger partial charge in [0.15, 0.2) is 5.78 Å². The number of rotatable bonds is 6. The number of benzene rings is 1. The van der Waals surface area contributed by atoms with Crippen molar-refractivity contribution in [3.63, 3.8) is 0 Å². The fourth-order valence-corrected chi connectivity index (χ4v) is 4.11. The Kier molecular flexibility index (Phi) is 5.80. The predicted octanol–water partition coefficient (Wildman–Crippen LogP) is 0.800. The van der Waals surface area contributed by atoms with Gasteiger partial charge in [0, 0.05) is 10.6 Å². The van der Waals surface area contributed by atoms with E-state index in [4.69, 9.17) is 20.8 Å². The zero-order valence-electron chi connectivity index (χ0n) is 15.8. The number of ketones is 2. The number of ether oxygens (including phenoxy) is 1. The van der Waals surface area contributed by atoms with Gasteiger partial charge in [-0.15, -0.1) is 0 Å². The molecule has 4 rings (SSSR count). The number of hydrogen-bond donors (Lipinski definition) is 1. The third-order valence-corrected chi connectivity index (χ3v) is 5.81. The second kappa shape index (κ2) is 8.49. The molecule has 2 fully saturated rings. The Balaban J connectivity index is 1.61. The molecule has 7 nitrogen and oxygen atoms in total. The molecule has 2 atom stereocenters. The van der Waals surface area contributed by atoms with Crippen LogP contribution < -0.4 is 4.90 Å². The number of carbonyl (C=O) groups excluding carboxylic acids is 3. The third-order valence-electron chi connectivity index (χ3n) is 5.56. The lowest BCUT2D eigenvalue weighted by Crippen LogP contribution is -3.14. The summed E-state index contributed by atoms with van der Waals surface area (Å²) in [4.78, 5) is 41.6. The maximum absolute atomic E-state index is 13.2. The van der Waals surface area contributed by atoms with Crippen LogP contribution in [0.1, 0.15) is 22.2 Å². The molecule has 2 aliphatic heterocycles. The Hall–Kier alpha value is -2.48. The molecule has 0 spiro atoms. The zero-order valence-corrected chi connectivity index (χ0v) is 16.6. The lowest BCUT2D eigenvalue weighted by Gasteiger charge is -2.28. The predicted molar refractivity (Wildman–Crippen MR) is 104 cm³/mol. The third kappa shape index (κ3) is 3.99. The van der Waals surface area contributed by atoms with Crippen molar-refractivity contribution in [1.82, 2.24) is 4.90 Å². The molecule has 0 radical (unpaired) electrons. The van der Waals surface area contributed by atoms with Gasteiger partial charge in [0.25, 0.3) is 5.91 Å². The first-order valence-electron chi connectivity index (χ1n) is 9.65. The molecule has 1 aromatic carbocycles. The molecule has 2 aromatic rings. The van der Waals surface area contributed by atoms with Crippen molar-refractivity contribution in [2.45, 2.75) is 6.04 Å². The molecule has 2 saturated heterocycles. The normalized spacial score (nSPS) is 23.0. The maximum atomic E-state index is 13.2. The highest BCUT2D eigenvalue weighted by atomic mass is 35.5. The van der Waals surface area contributed by atoms with E-state index in [-0.39, 0.29) is 0 Å². The number of Topliss-reactive ketones (excluding diaryl/α,β-unsaturated/α-hetero) is 2. The van der Waals surface area contributed by atoms with Crippen molar-refractivity contribution in [3.05, 3.63) is 59.0 Å². The Morgan fingerprint density at radius 2 is 1.86 bits per heavy atom. The SMILES string of the molecule is O=C1C(=O)N(CC[NH+]2CCOCC2)C(c2ccco2)C1C(=O)c1ccc(Cl)cc1. The minimum atomic E-state index is -1.13. The number of nitrogens with zero attached hydrogens (tertiary/aromatic N) is 1. The van der Waals surface area contributed by atoms with E-state index >= 15 is 0 Å². The molecule has 2 aliphatic rings. The van der Waals surface area contributed by atoms with Gasteiger partial charge in [-0.3, -0.25) is 14.4 Å². The smallest absolute Gasteiger partial charge is 0.291 e. The second-order valence-electron chi connectivity index (χ2n) is 7.28. The number of likely N-dealkylation sites (tertiary alicyclic amines) is 1. The largest absolute Gasteiger partial charge is 0.467 e. The van der Waals surface area contributed by atoms with E-state index in [1.165, 1.54) is 16.1 Å². The van der Waals surface area contributed by atoms with E-state index in [0.29, 0.717) is 42.6 Å². The van der Waals surface area contributed by atoms with Crippen LogP contribution in [0.4, 0.5) is 0 Å². The van der Waals surface area contributed by atoms with Gasteiger partial charge in [0.2, 0.25) is 5.78 Å². The fraction of sp³-hybridized carbons (Fsp3) is 0.381. The van der Waals surface area contributed by atoms with Crippen LogP contribution in [0, 0.1) is 5.92 Å². The second-order valence-corrected chi connectivity index (χ2v) is 7.72. The van der Waals surface area contributed by atoms with Crippen LogP contribution in [0.5, 0.6) is 0 Å². The summed E-state index contributed by atoms with van der Waals surface area (Å²) >= 11 is 5.91. The molecule has 0 aliphatic carbocycles. The highest BCUT2D eigenvalue weighted by molar-refractivity contribution is 6.44. The molecule has 1 aromatic heterocycles. The summed E-state index contributed by atoms with van der Waals surface area (Å²) in [5, 5.41) is 0.494. The minimum absolute atomic E-state index is 0.345. The zero-order chi connectivity index (χ0) is 20.4. The van der Waals surface area contributed by atoms with E-state index in [9.17, 15) is 14.4 Å². The molecular formula is C21H22ClN2O5+. The topological polar surface area (TPSA) is 81.3 Å². The Morgan fingerprint density at radius 1 is 1.14 bits per heavy atom. The van der Waals surface area contributed by atoms with Crippen molar-refractivity contribution >= 4 is 29.1 Å². The summed E-state index contributed by atoms with van der Waals surface area (Å²) in [6, 6.07) is 8.98. The van der Waals surface area contributed by atoms with Crippen LogP contribution in [0.25, 0.3) is 0 Å². The standard InChI is InChI=1S/C21H21ClN2O5/c22-15-5-3-14(4-6-15)19(25)17-18(16-2-1-11-29-16)24(21(27)20(17)26)8-7-23-9-12-28-13-10-23/h1-6,11,17-18H,7-10,12-13H2/p+1. The van der Waals surface area contributed by atoms with Gasteiger partial charge >= 0.3 is 0 Å². The number of nitrogens with one attached hydrogen (secondary N) is 1. The summed E-state index contributed by atoms with van der Waals surface area (Å²) in [5.74, 6) is -2.42. The first-order chi connectivity index (χ1) is 14.1. The quantitative estimate of drug-likeness (QED) is 0.427. The van der Waals surface area contributed by atoms with Crippen molar-refractivity contribution in [3.8, 4) is 0 Å². The van der Waals surface area contributed by atoms with E-state index in [1.807, 2.05) is 0 Å². The molecular weight excluding hydrogens is 396 g/mol. The average molecular weight is 418 g/mol. The maximum Gasteiger partial charge on any atom is 0.291 e. The lowest BCUT2D eigenvalue weighted by atomic mass is 9.89. The van der Waals surface area contributed by atoms with Gasteiger partial charge in [0.05, 0.1) is 32.6 Å². The number of morpholine rings is 1. The molecule has 0 saturated carbocycles. The summed E-state index contributed by atoms with van der Waals surface area (Å²) < 4.78 is 10.9. The van der Waals surface area contributed by atoms with Gasteiger partial charge in [0.1, 0.15) is 30.8 Å². The van der Waals surface area contributed by atoms with E-state index in [0.717, 1.165) is 13.1 Å². The summed E-state index contributed by atoms with van der Waals surface area (Å²) in [5.41, 5.74) is 0.345. The molecule has 3 heterocycles. The molecule has 152 valence electrons. The van der Waals surface area contributed by atoms with E-state index in [2.05, 4.69) is 0 Å². The molecule has 1 N–H and O–H groups in total. The number of quaternary nitrogens is 1. The number of carbonyl (C=O) groups is 3. The van der Waals surface area contributed by atoms with Crippen LogP contribution >= 0.6 is 11.6 Å². The van der Waals surface area contributed by atoms with Crippen molar-refractivity contribution < 1.29 is 28.4 Å². The number of furan rings is 1. The molecule has 8 heteroatoms. The summed E-state index contributed by atoms with van der Waals surface area (Å²) in [7, 11) is 0. The number of halogens is 1. The Bertz CT molecular complexity index is 890. The van der Waals surface area contributed by atoms with E-state index in [1.54, 1.807) is 36.4 Å². The number of amides is 1. The number of hydrogen-bond acceptors (Lipinski definition) is 5. The summed E-state index contributed by atoms with van der Waals surface area (Å²) in [6.45, 7) is 4.13. The fourth-order valence-electron chi connectivity index (χ4n) is 3.99. The van der Waals surface area contributed by atoms with Gasteiger partial charge in [-0.05, 0) is 36.4 Å². The Morgan fingerprint density at radius 3 is 2.52 bits per heavy atom. The van der Waals surface area contributed by atoms with Crippen LogP contribution in [0.15, 0.2) is 47.1 Å². The molecule has 1 amide bonds. The monoisotopic (exact) mass is 417 g/mol. The molecule has 0 bridgehead atoms. The molecule has 2 unspecified atom stereocenters. The van der Waals surface area contributed by atoms with Crippen molar-refractivity contribution in [2.75, 3.05) is 39.4 Å². The summed E-state index contributed by atoms with van der Waals surface area (Å²) in [6.07, 6.45) is 1.48. The first-order valence-corrected chi connectivity index (χ1v) is 10.0. The van der Waals surface area contributed by atoms with Crippen molar-refractivity contribution in [1.29, 1.82) is 0 Å². The highest BCUT2D eigenvalue weighted by Gasteiger charge is 2.53.